The van der Waals surface area contributed by atoms with Gasteiger partial charge < -0.3 is 0 Å². The molecule has 1 aliphatic carbocycles. The van der Waals surface area contributed by atoms with Gasteiger partial charge in [0.1, 0.15) is 0 Å². The van der Waals surface area contributed by atoms with E-state index in [-0.39, 0.29) is 5.75 Å². The zero-order valence-corrected chi connectivity index (χ0v) is 21.4. The topological polar surface area (TPSA) is 66.5 Å². The molecule has 0 bridgehead atoms. The molecule has 5 nitrogen and oxygen atoms in total. The van der Waals surface area contributed by atoms with Crippen molar-refractivity contribution in [3.8, 4) is 0 Å². The van der Waals surface area contributed by atoms with E-state index in [0.717, 1.165) is 43.0 Å². The van der Waals surface area contributed by atoms with Crippen LogP contribution in [0.3, 0.4) is 0 Å². The maximum atomic E-state index is 12.5. The van der Waals surface area contributed by atoms with Crippen molar-refractivity contribution in [2.45, 2.75) is 43.9 Å². The van der Waals surface area contributed by atoms with Crippen LogP contribution in [0, 0.1) is 11.8 Å². The number of rotatable bonds is 9. The highest BCUT2D eigenvalue weighted by molar-refractivity contribution is 7.89. The number of nitrogens with one attached hydrogen (secondary N) is 1. The molecule has 6 heteroatoms. The number of carbonyl (C=O) groups is 1. The molecule has 2 atom stereocenters. The Morgan fingerprint density at radius 1 is 0.833 bits per heavy atom. The molecule has 0 unspecified atom stereocenters. The highest BCUT2D eigenvalue weighted by Gasteiger charge is 2.39. The van der Waals surface area contributed by atoms with Crippen LogP contribution in [-0.2, 0) is 22.3 Å². The zero-order chi connectivity index (χ0) is 25.0. The molecule has 3 aromatic carbocycles. The first-order valence-electron chi connectivity index (χ1n) is 12.9. The van der Waals surface area contributed by atoms with E-state index in [0.29, 0.717) is 11.1 Å². The number of amides is 1. The van der Waals surface area contributed by atoms with Gasteiger partial charge in [-0.1, -0.05) is 72.8 Å². The number of hydrogen-bond acceptors (Lipinski definition) is 4. The lowest BCUT2D eigenvalue weighted by Crippen LogP contribution is -2.33. The molecule has 1 heterocycles. The minimum Gasteiger partial charge on any atom is -0.299 e. The van der Waals surface area contributed by atoms with E-state index in [1.54, 1.807) is 36.4 Å². The van der Waals surface area contributed by atoms with Crippen molar-refractivity contribution in [2.75, 3.05) is 13.1 Å². The van der Waals surface area contributed by atoms with E-state index in [2.05, 4.69) is 40.0 Å². The molecule has 1 saturated carbocycles. The number of piperidine rings is 1. The Morgan fingerprint density at radius 3 is 2.14 bits per heavy atom. The van der Waals surface area contributed by atoms with E-state index in [1.165, 1.54) is 31.2 Å². The van der Waals surface area contributed by atoms with Crippen LogP contribution in [-0.4, -0.2) is 32.3 Å². The molecular formula is C30H34N2O3S. The molecule has 0 radical (unpaired) electrons. The molecule has 36 heavy (non-hydrogen) atoms. The molecule has 1 saturated heterocycles. The number of benzene rings is 3. The van der Waals surface area contributed by atoms with Crippen molar-refractivity contribution in [3.05, 3.63) is 107 Å². The van der Waals surface area contributed by atoms with Crippen molar-refractivity contribution in [1.82, 2.24) is 9.62 Å². The summed E-state index contributed by atoms with van der Waals surface area (Å²) in [4.78, 5) is 15.0. The molecule has 1 aliphatic heterocycles. The van der Waals surface area contributed by atoms with Crippen LogP contribution in [0.5, 0.6) is 0 Å². The van der Waals surface area contributed by atoms with Gasteiger partial charge in [-0.15, -0.1) is 0 Å². The first-order valence-corrected chi connectivity index (χ1v) is 14.6. The number of carbonyl (C=O) groups excluding carboxylic acids is 1. The maximum absolute atomic E-state index is 12.5. The fourth-order valence-corrected chi connectivity index (χ4v) is 6.58. The highest BCUT2D eigenvalue weighted by atomic mass is 32.2. The van der Waals surface area contributed by atoms with Crippen molar-refractivity contribution < 1.29 is 13.2 Å². The molecule has 1 amide bonds. The monoisotopic (exact) mass is 502 g/mol. The number of likely N-dealkylation sites (tertiary alicyclic amines) is 1. The third-order valence-corrected chi connectivity index (χ3v) is 8.77. The van der Waals surface area contributed by atoms with Gasteiger partial charge in [0.2, 0.25) is 10.0 Å². The van der Waals surface area contributed by atoms with Crippen LogP contribution in [0.1, 0.15) is 58.6 Å². The third kappa shape index (κ3) is 6.62. The summed E-state index contributed by atoms with van der Waals surface area (Å²) in [5, 5.41) is 0. The SMILES string of the molecule is O=C(NS(=O)(=O)Cc1ccccc1)c1ccc(CN2CCC(C[C@@H]3C[C@H]3c3ccccc3)CC2)cc1. The predicted molar refractivity (Wildman–Crippen MR) is 143 cm³/mol. The van der Waals surface area contributed by atoms with E-state index in [4.69, 9.17) is 0 Å². The van der Waals surface area contributed by atoms with Crippen LogP contribution in [0.25, 0.3) is 0 Å². The van der Waals surface area contributed by atoms with Gasteiger partial charge in [0, 0.05) is 12.1 Å². The van der Waals surface area contributed by atoms with E-state index >= 15 is 0 Å². The Hall–Kier alpha value is -2.96. The summed E-state index contributed by atoms with van der Waals surface area (Å²) in [6, 6.07) is 27.1. The lowest BCUT2D eigenvalue weighted by molar-refractivity contribution is 0.0981. The minimum atomic E-state index is -3.75. The van der Waals surface area contributed by atoms with E-state index < -0.39 is 15.9 Å². The second-order valence-electron chi connectivity index (χ2n) is 10.3. The fraction of sp³-hybridized carbons (Fsp3) is 0.367. The van der Waals surface area contributed by atoms with Gasteiger partial charge in [-0.2, -0.15) is 0 Å². The fourth-order valence-electron chi connectivity index (χ4n) is 5.47. The molecule has 188 valence electrons. The summed E-state index contributed by atoms with van der Waals surface area (Å²) in [6.45, 7) is 3.07. The summed E-state index contributed by atoms with van der Waals surface area (Å²) in [5.41, 5.74) is 3.64. The lowest BCUT2D eigenvalue weighted by Gasteiger charge is -2.32. The molecular weight excluding hydrogens is 468 g/mol. The van der Waals surface area contributed by atoms with E-state index in [1.807, 2.05) is 18.2 Å². The number of hydrogen-bond donors (Lipinski definition) is 1. The Labute approximate surface area is 214 Å². The van der Waals surface area contributed by atoms with Crippen LogP contribution >= 0.6 is 0 Å². The predicted octanol–water partition coefficient (Wildman–Crippen LogP) is 5.35. The molecule has 5 rings (SSSR count). The largest absolute Gasteiger partial charge is 0.299 e. The summed E-state index contributed by atoms with van der Waals surface area (Å²) >= 11 is 0. The third-order valence-electron chi connectivity index (χ3n) is 7.56. The zero-order valence-electron chi connectivity index (χ0n) is 20.6. The smallest absolute Gasteiger partial charge is 0.264 e. The van der Waals surface area contributed by atoms with Gasteiger partial charge in [-0.05, 0) is 85.3 Å². The first-order chi connectivity index (χ1) is 17.4. The number of sulfonamides is 1. The molecule has 0 spiro atoms. The molecule has 0 aromatic heterocycles. The van der Waals surface area contributed by atoms with Gasteiger partial charge >= 0.3 is 0 Å². The minimum absolute atomic E-state index is 0.221. The Bertz CT molecular complexity index is 1250. The molecule has 2 aliphatic rings. The Kier molecular flexibility index (Phi) is 7.54. The van der Waals surface area contributed by atoms with Crippen LogP contribution in [0.15, 0.2) is 84.9 Å². The molecule has 3 aromatic rings. The Balaban J connectivity index is 1.06. The summed E-state index contributed by atoms with van der Waals surface area (Å²) in [6.07, 6.45) is 5.19. The van der Waals surface area contributed by atoms with Crippen molar-refractivity contribution in [3.63, 3.8) is 0 Å². The van der Waals surface area contributed by atoms with Gasteiger partial charge in [0.25, 0.3) is 5.91 Å². The molecule has 2 fully saturated rings. The second kappa shape index (κ2) is 11.0. The van der Waals surface area contributed by atoms with Crippen LogP contribution in [0.4, 0.5) is 0 Å². The van der Waals surface area contributed by atoms with Crippen molar-refractivity contribution >= 4 is 15.9 Å². The van der Waals surface area contributed by atoms with Gasteiger partial charge in [0.15, 0.2) is 0 Å². The van der Waals surface area contributed by atoms with Crippen molar-refractivity contribution in [2.24, 2.45) is 11.8 Å². The van der Waals surface area contributed by atoms with Crippen molar-refractivity contribution in [1.29, 1.82) is 0 Å². The van der Waals surface area contributed by atoms with Crippen LogP contribution < -0.4 is 4.72 Å². The number of nitrogens with zero attached hydrogens (tertiary/aromatic N) is 1. The van der Waals surface area contributed by atoms with Gasteiger partial charge in [0.05, 0.1) is 5.75 Å². The van der Waals surface area contributed by atoms with Gasteiger partial charge in [-0.3, -0.25) is 9.69 Å². The van der Waals surface area contributed by atoms with Gasteiger partial charge in [-0.25, -0.2) is 13.1 Å². The lowest BCUT2D eigenvalue weighted by atomic mass is 9.90. The summed E-state index contributed by atoms with van der Waals surface area (Å²) < 4.78 is 26.9. The van der Waals surface area contributed by atoms with E-state index in [9.17, 15) is 13.2 Å². The Morgan fingerprint density at radius 2 is 1.47 bits per heavy atom. The highest BCUT2D eigenvalue weighted by Crippen LogP contribution is 2.51. The average Bonchev–Trinajstić information content (AvgIpc) is 3.65. The first kappa shape index (κ1) is 24.7. The maximum Gasteiger partial charge on any atom is 0.264 e. The summed E-state index contributed by atoms with van der Waals surface area (Å²) in [7, 11) is -3.75. The average molecular weight is 503 g/mol. The van der Waals surface area contributed by atoms with Crippen LogP contribution in [0.2, 0.25) is 0 Å². The second-order valence-corrected chi connectivity index (χ2v) is 12.1. The normalized spacial score (nSPS) is 20.7. The molecule has 1 N–H and O–H groups in total. The summed E-state index contributed by atoms with van der Waals surface area (Å²) in [5.74, 6) is 1.64. The standard InChI is InChI=1S/C30H34N2O3S/c33-30(31-36(34,35)22-25-7-3-1-4-8-25)27-13-11-24(12-14-27)21-32-17-15-23(16-18-32)19-28-20-29(28)26-9-5-2-6-10-26/h1-14,23,28-29H,15-22H2,(H,31,33)/t28-,29+/m1/s1. The quantitative estimate of drug-likeness (QED) is 0.428.